The van der Waals surface area contributed by atoms with Gasteiger partial charge in [-0.15, -0.1) is 11.6 Å². The lowest BCUT2D eigenvalue weighted by Crippen LogP contribution is -2.25. The van der Waals surface area contributed by atoms with Crippen LogP contribution in [0.15, 0.2) is 24.3 Å². The molecule has 2 nitrogen and oxygen atoms in total. The van der Waals surface area contributed by atoms with Gasteiger partial charge < -0.3 is 10.1 Å². The van der Waals surface area contributed by atoms with E-state index in [1.807, 2.05) is 12.1 Å². The van der Waals surface area contributed by atoms with Crippen molar-refractivity contribution in [2.75, 3.05) is 13.0 Å². The standard InChI is InChI=1S/C12H18ClNO/c1-10(7-8-13)14-9-11-3-5-12(15-2)6-4-11/h3-6,10,14H,7-9H2,1-2H3. The lowest BCUT2D eigenvalue weighted by Gasteiger charge is -2.12. The number of rotatable bonds is 6. The average molecular weight is 228 g/mol. The molecule has 1 unspecified atom stereocenters. The first-order valence-corrected chi connectivity index (χ1v) is 5.72. The summed E-state index contributed by atoms with van der Waals surface area (Å²) >= 11 is 5.66. The Morgan fingerprint density at radius 3 is 2.53 bits per heavy atom. The lowest BCUT2D eigenvalue weighted by molar-refractivity contribution is 0.414. The maximum atomic E-state index is 5.66. The van der Waals surface area contributed by atoms with E-state index in [0.717, 1.165) is 18.7 Å². The highest BCUT2D eigenvalue weighted by Gasteiger charge is 2.00. The molecule has 1 aromatic rings. The first kappa shape index (κ1) is 12.3. The predicted octanol–water partition coefficient (Wildman–Crippen LogP) is 2.80. The summed E-state index contributed by atoms with van der Waals surface area (Å²) in [5.41, 5.74) is 1.26. The molecule has 15 heavy (non-hydrogen) atoms. The Morgan fingerprint density at radius 1 is 1.33 bits per heavy atom. The minimum absolute atomic E-state index is 0.463. The molecule has 0 radical (unpaired) electrons. The summed E-state index contributed by atoms with van der Waals surface area (Å²) in [6, 6.07) is 8.55. The Hall–Kier alpha value is -0.730. The van der Waals surface area contributed by atoms with E-state index in [0.29, 0.717) is 11.9 Å². The Balaban J connectivity index is 2.37. The van der Waals surface area contributed by atoms with Crippen LogP contribution in [0.4, 0.5) is 0 Å². The fourth-order valence-corrected chi connectivity index (χ4v) is 1.63. The van der Waals surface area contributed by atoms with Crippen LogP contribution in [0.25, 0.3) is 0 Å². The van der Waals surface area contributed by atoms with Crippen molar-refractivity contribution in [2.24, 2.45) is 0 Å². The third-order valence-corrected chi connectivity index (χ3v) is 2.57. The van der Waals surface area contributed by atoms with Crippen molar-refractivity contribution in [1.29, 1.82) is 0 Å². The Morgan fingerprint density at radius 2 is 2.00 bits per heavy atom. The normalized spacial score (nSPS) is 12.5. The van der Waals surface area contributed by atoms with Crippen LogP contribution in [-0.4, -0.2) is 19.0 Å². The third-order valence-electron chi connectivity index (χ3n) is 2.36. The van der Waals surface area contributed by atoms with Gasteiger partial charge in [-0.3, -0.25) is 0 Å². The number of hydrogen-bond donors (Lipinski definition) is 1. The van der Waals surface area contributed by atoms with Gasteiger partial charge in [-0.1, -0.05) is 12.1 Å². The Bertz CT molecular complexity index is 273. The summed E-state index contributed by atoms with van der Waals surface area (Å²) in [7, 11) is 1.68. The van der Waals surface area contributed by atoms with Gasteiger partial charge in [0.1, 0.15) is 5.75 Å². The number of methoxy groups -OCH3 is 1. The molecule has 0 fully saturated rings. The van der Waals surface area contributed by atoms with Gasteiger partial charge in [0.2, 0.25) is 0 Å². The molecule has 0 heterocycles. The zero-order valence-corrected chi connectivity index (χ0v) is 10.1. The van der Waals surface area contributed by atoms with Gasteiger partial charge in [0.05, 0.1) is 7.11 Å². The molecule has 84 valence electrons. The van der Waals surface area contributed by atoms with Crippen molar-refractivity contribution in [3.05, 3.63) is 29.8 Å². The van der Waals surface area contributed by atoms with Crippen molar-refractivity contribution >= 4 is 11.6 Å². The summed E-state index contributed by atoms with van der Waals surface area (Å²) in [6.45, 7) is 3.02. The molecule has 0 amide bonds. The van der Waals surface area contributed by atoms with Gasteiger partial charge in [0, 0.05) is 18.5 Å². The second-order valence-electron chi connectivity index (χ2n) is 3.61. The second kappa shape index (κ2) is 6.70. The minimum atomic E-state index is 0.463. The van der Waals surface area contributed by atoms with E-state index in [-0.39, 0.29) is 0 Å². The summed E-state index contributed by atoms with van der Waals surface area (Å²) in [6.07, 6.45) is 0.998. The number of benzene rings is 1. The van der Waals surface area contributed by atoms with E-state index in [9.17, 15) is 0 Å². The molecule has 0 aliphatic carbocycles. The molecule has 0 spiro atoms. The number of halogens is 1. The van der Waals surface area contributed by atoms with Crippen molar-refractivity contribution in [1.82, 2.24) is 5.32 Å². The van der Waals surface area contributed by atoms with Gasteiger partial charge in [-0.05, 0) is 31.0 Å². The van der Waals surface area contributed by atoms with E-state index in [2.05, 4.69) is 24.4 Å². The van der Waals surface area contributed by atoms with Gasteiger partial charge in [-0.2, -0.15) is 0 Å². The summed E-state index contributed by atoms with van der Waals surface area (Å²) in [5, 5.41) is 3.41. The van der Waals surface area contributed by atoms with Crippen LogP contribution in [-0.2, 0) is 6.54 Å². The van der Waals surface area contributed by atoms with E-state index in [4.69, 9.17) is 16.3 Å². The van der Waals surface area contributed by atoms with Crippen LogP contribution in [0, 0.1) is 0 Å². The molecule has 1 aromatic carbocycles. The molecule has 0 saturated carbocycles. The number of alkyl halides is 1. The second-order valence-corrected chi connectivity index (χ2v) is 3.99. The third kappa shape index (κ3) is 4.54. The lowest BCUT2D eigenvalue weighted by atomic mass is 10.2. The molecule has 0 bridgehead atoms. The molecule has 1 atom stereocenters. The van der Waals surface area contributed by atoms with Gasteiger partial charge in [0.15, 0.2) is 0 Å². The first-order valence-electron chi connectivity index (χ1n) is 5.18. The van der Waals surface area contributed by atoms with Gasteiger partial charge in [-0.25, -0.2) is 0 Å². The van der Waals surface area contributed by atoms with E-state index in [1.54, 1.807) is 7.11 Å². The molecule has 0 aliphatic heterocycles. The monoisotopic (exact) mass is 227 g/mol. The van der Waals surface area contributed by atoms with E-state index in [1.165, 1.54) is 5.56 Å². The fraction of sp³-hybridized carbons (Fsp3) is 0.500. The van der Waals surface area contributed by atoms with Crippen molar-refractivity contribution in [3.63, 3.8) is 0 Å². The quantitative estimate of drug-likeness (QED) is 0.755. The van der Waals surface area contributed by atoms with Crippen LogP contribution in [0.2, 0.25) is 0 Å². The van der Waals surface area contributed by atoms with Crippen molar-refractivity contribution < 1.29 is 4.74 Å². The highest BCUT2D eigenvalue weighted by atomic mass is 35.5. The largest absolute Gasteiger partial charge is 0.497 e. The zero-order chi connectivity index (χ0) is 11.1. The molecular weight excluding hydrogens is 210 g/mol. The molecule has 0 aromatic heterocycles. The van der Waals surface area contributed by atoms with Crippen LogP contribution < -0.4 is 10.1 Å². The molecule has 3 heteroatoms. The minimum Gasteiger partial charge on any atom is -0.497 e. The maximum absolute atomic E-state index is 5.66. The summed E-state index contributed by atoms with van der Waals surface area (Å²) in [4.78, 5) is 0. The fourth-order valence-electron chi connectivity index (χ4n) is 1.30. The first-order chi connectivity index (χ1) is 7.26. The van der Waals surface area contributed by atoms with Crippen molar-refractivity contribution in [3.8, 4) is 5.75 Å². The Kier molecular flexibility index (Phi) is 5.51. The van der Waals surface area contributed by atoms with Gasteiger partial charge in [0.25, 0.3) is 0 Å². The van der Waals surface area contributed by atoms with Crippen LogP contribution in [0.5, 0.6) is 5.75 Å². The van der Waals surface area contributed by atoms with E-state index >= 15 is 0 Å². The highest BCUT2D eigenvalue weighted by molar-refractivity contribution is 6.17. The molecule has 1 N–H and O–H groups in total. The smallest absolute Gasteiger partial charge is 0.118 e. The number of hydrogen-bond acceptors (Lipinski definition) is 2. The van der Waals surface area contributed by atoms with Crippen LogP contribution >= 0.6 is 11.6 Å². The SMILES string of the molecule is COc1ccc(CNC(C)CCCl)cc1. The maximum Gasteiger partial charge on any atom is 0.118 e. The summed E-state index contributed by atoms with van der Waals surface area (Å²) in [5.74, 6) is 1.60. The molecular formula is C12H18ClNO. The summed E-state index contributed by atoms with van der Waals surface area (Å²) < 4.78 is 5.10. The zero-order valence-electron chi connectivity index (χ0n) is 9.29. The predicted molar refractivity (Wildman–Crippen MR) is 64.6 cm³/mol. The van der Waals surface area contributed by atoms with Crippen LogP contribution in [0.1, 0.15) is 18.9 Å². The van der Waals surface area contributed by atoms with E-state index < -0.39 is 0 Å². The van der Waals surface area contributed by atoms with Crippen LogP contribution in [0.3, 0.4) is 0 Å². The van der Waals surface area contributed by atoms with Crippen molar-refractivity contribution in [2.45, 2.75) is 25.9 Å². The molecule has 1 rings (SSSR count). The van der Waals surface area contributed by atoms with Gasteiger partial charge >= 0.3 is 0 Å². The molecule has 0 saturated heterocycles. The molecule has 0 aliphatic rings. The number of nitrogens with one attached hydrogen (secondary N) is 1. The number of ether oxygens (including phenoxy) is 1. The highest BCUT2D eigenvalue weighted by Crippen LogP contribution is 2.11. The average Bonchev–Trinajstić information content (AvgIpc) is 2.27. The topological polar surface area (TPSA) is 21.3 Å². The Labute approximate surface area is 96.6 Å².